The summed E-state index contributed by atoms with van der Waals surface area (Å²) >= 11 is 0. The fourth-order valence-electron chi connectivity index (χ4n) is 1.20. The van der Waals surface area contributed by atoms with Crippen LogP contribution in [0.2, 0.25) is 0 Å². The highest BCUT2D eigenvalue weighted by Gasteiger charge is 2.02. The van der Waals surface area contributed by atoms with Crippen molar-refractivity contribution in [3.05, 3.63) is 17.7 Å². The quantitative estimate of drug-likeness (QED) is 0.686. The van der Waals surface area contributed by atoms with Gasteiger partial charge in [-0.25, -0.2) is 4.98 Å². The van der Waals surface area contributed by atoms with Gasteiger partial charge in [0.1, 0.15) is 5.82 Å². The molecule has 0 unspecified atom stereocenters. The third kappa shape index (κ3) is 1.60. The largest absolute Gasteiger partial charge is 0.335 e. The first-order chi connectivity index (χ1) is 5.29. The minimum atomic E-state index is 0.697. The second-order valence-corrected chi connectivity index (χ2v) is 2.62. The van der Waals surface area contributed by atoms with Crippen molar-refractivity contribution in [2.24, 2.45) is 12.8 Å². The van der Waals surface area contributed by atoms with Crippen molar-refractivity contribution in [2.75, 3.05) is 6.54 Å². The molecular formula is C8H15N3. The van der Waals surface area contributed by atoms with E-state index in [4.69, 9.17) is 5.73 Å². The summed E-state index contributed by atoms with van der Waals surface area (Å²) in [6, 6.07) is 0. The Bertz CT molecular complexity index is 227. The monoisotopic (exact) mass is 153 g/mol. The molecule has 1 aromatic heterocycles. The van der Waals surface area contributed by atoms with Crippen molar-refractivity contribution >= 4 is 0 Å². The molecule has 0 saturated carbocycles. The van der Waals surface area contributed by atoms with Gasteiger partial charge >= 0.3 is 0 Å². The molecule has 62 valence electrons. The number of imidazole rings is 1. The van der Waals surface area contributed by atoms with Crippen LogP contribution in [0.4, 0.5) is 0 Å². The minimum Gasteiger partial charge on any atom is -0.335 e. The second-order valence-electron chi connectivity index (χ2n) is 2.62. The first-order valence-corrected chi connectivity index (χ1v) is 3.99. The zero-order valence-corrected chi connectivity index (χ0v) is 7.17. The van der Waals surface area contributed by atoms with Gasteiger partial charge in [-0.1, -0.05) is 6.92 Å². The normalized spacial score (nSPS) is 10.5. The molecule has 3 heteroatoms. The summed E-state index contributed by atoms with van der Waals surface area (Å²) in [7, 11) is 2.04. The van der Waals surface area contributed by atoms with Gasteiger partial charge in [0.05, 0.1) is 0 Å². The molecular weight excluding hydrogens is 138 g/mol. The van der Waals surface area contributed by atoms with Gasteiger partial charge in [-0.2, -0.15) is 0 Å². The average molecular weight is 153 g/mol. The van der Waals surface area contributed by atoms with E-state index < -0.39 is 0 Å². The predicted octanol–water partition coefficient (Wildman–Crippen LogP) is 0.484. The molecule has 0 radical (unpaired) electrons. The molecule has 0 amide bonds. The molecule has 11 heavy (non-hydrogen) atoms. The van der Waals surface area contributed by atoms with E-state index in [0.29, 0.717) is 6.54 Å². The Balaban J connectivity index is 2.82. The van der Waals surface area contributed by atoms with E-state index in [1.807, 2.05) is 13.2 Å². The van der Waals surface area contributed by atoms with Crippen LogP contribution in [0.25, 0.3) is 0 Å². The molecule has 1 heterocycles. The van der Waals surface area contributed by atoms with E-state index >= 15 is 0 Å². The van der Waals surface area contributed by atoms with Gasteiger partial charge in [0.2, 0.25) is 0 Å². The molecule has 3 nitrogen and oxygen atoms in total. The third-order valence-corrected chi connectivity index (χ3v) is 1.90. The van der Waals surface area contributed by atoms with Gasteiger partial charge < -0.3 is 10.3 Å². The van der Waals surface area contributed by atoms with Crippen LogP contribution in [0.1, 0.15) is 18.4 Å². The Hall–Kier alpha value is -0.830. The first-order valence-electron chi connectivity index (χ1n) is 3.99. The van der Waals surface area contributed by atoms with Gasteiger partial charge in [0.25, 0.3) is 0 Å². The molecule has 0 saturated heterocycles. The molecule has 1 aromatic rings. The Morgan fingerprint density at radius 3 is 2.82 bits per heavy atom. The summed E-state index contributed by atoms with van der Waals surface area (Å²) in [5.41, 5.74) is 6.67. The Labute approximate surface area is 67.2 Å². The molecule has 0 bridgehead atoms. The lowest BCUT2D eigenvalue weighted by atomic mass is 10.3. The van der Waals surface area contributed by atoms with E-state index in [0.717, 1.165) is 18.7 Å². The number of hydrogen-bond donors (Lipinski definition) is 1. The van der Waals surface area contributed by atoms with Crippen molar-refractivity contribution in [3.8, 4) is 0 Å². The van der Waals surface area contributed by atoms with Crippen molar-refractivity contribution in [2.45, 2.75) is 19.8 Å². The summed E-state index contributed by atoms with van der Waals surface area (Å²) in [5, 5.41) is 0. The Morgan fingerprint density at radius 2 is 2.36 bits per heavy atom. The van der Waals surface area contributed by atoms with Gasteiger partial charge in [-0.15, -0.1) is 0 Å². The topological polar surface area (TPSA) is 43.8 Å². The Kier molecular flexibility index (Phi) is 2.65. The highest BCUT2D eigenvalue weighted by molar-refractivity contribution is 5.05. The summed E-state index contributed by atoms with van der Waals surface area (Å²) in [4.78, 5) is 4.26. The molecule has 0 aliphatic rings. The lowest BCUT2D eigenvalue weighted by Gasteiger charge is -2.01. The minimum absolute atomic E-state index is 0.697. The lowest BCUT2D eigenvalue weighted by molar-refractivity contribution is 0.751. The van der Waals surface area contributed by atoms with Gasteiger partial charge in [-0.05, 0) is 6.54 Å². The molecule has 1 rings (SSSR count). The maximum absolute atomic E-state index is 5.44. The third-order valence-electron chi connectivity index (χ3n) is 1.90. The SMILES string of the molecule is CCc1ncc(CCN)n1C. The van der Waals surface area contributed by atoms with E-state index in [2.05, 4.69) is 16.5 Å². The molecule has 0 fully saturated rings. The van der Waals surface area contributed by atoms with Crippen LogP contribution in [0, 0.1) is 0 Å². The molecule has 0 spiro atoms. The molecule has 0 aliphatic heterocycles. The first kappa shape index (κ1) is 8.27. The highest BCUT2D eigenvalue weighted by Crippen LogP contribution is 2.03. The molecule has 0 atom stereocenters. The number of nitrogens with two attached hydrogens (primary N) is 1. The number of hydrogen-bond acceptors (Lipinski definition) is 2. The van der Waals surface area contributed by atoms with E-state index in [1.165, 1.54) is 5.69 Å². The van der Waals surface area contributed by atoms with Gasteiger partial charge in [0, 0.05) is 31.8 Å². The fourth-order valence-corrected chi connectivity index (χ4v) is 1.20. The highest BCUT2D eigenvalue weighted by atomic mass is 15.1. The summed E-state index contributed by atoms with van der Waals surface area (Å²) in [6.45, 7) is 2.80. The van der Waals surface area contributed by atoms with E-state index in [9.17, 15) is 0 Å². The van der Waals surface area contributed by atoms with Crippen molar-refractivity contribution in [1.29, 1.82) is 0 Å². The smallest absolute Gasteiger partial charge is 0.108 e. The van der Waals surface area contributed by atoms with Crippen molar-refractivity contribution in [3.63, 3.8) is 0 Å². The van der Waals surface area contributed by atoms with Gasteiger partial charge in [0.15, 0.2) is 0 Å². The van der Waals surface area contributed by atoms with Crippen LogP contribution in [0.15, 0.2) is 6.20 Å². The summed E-state index contributed by atoms with van der Waals surface area (Å²) in [5.74, 6) is 1.13. The lowest BCUT2D eigenvalue weighted by Crippen LogP contribution is -2.07. The van der Waals surface area contributed by atoms with Crippen molar-refractivity contribution < 1.29 is 0 Å². The maximum Gasteiger partial charge on any atom is 0.108 e. The maximum atomic E-state index is 5.44. The van der Waals surface area contributed by atoms with Gasteiger partial charge in [-0.3, -0.25) is 0 Å². The van der Waals surface area contributed by atoms with Crippen molar-refractivity contribution in [1.82, 2.24) is 9.55 Å². The number of aromatic nitrogens is 2. The van der Waals surface area contributed by atoms with E-state index in [-0.39, 0.29) is 0 Å². The number of rotatable bonds is 3. The van der Waals surface area contributed by atoms with Crippen LogP contribution in [-0.4, -0.2) is 16.1 Å². The molecule has 0 aliphatic carbocycles. The van der Waals surface area contributed by atoms with Crippen LogP contribution in [0.3, 0.4) is 0 Å². The number of aryl methyl sites for hydroxylation is 1. The van der Waals surface area contributed by atoms with E-state index in [1.54, 1.807) is 0 Å². The van der Waals surface area contributed by atoms with Crippen LogP contribution in [-0.2, 0) is 19.9 Å². The summed E-state index contributed by atoms with van der Waals surface area (Å²) < 4.78 is 2.12. The predicted molar refractivity (Wildman–Crippen MR) is 45.3 cm³/mol. The van der Waals surface area contributed by atoms with Crippen LogP contribution >= 0.6 is 0 Å². The standard InChI is InChI=1S/C8H15N3/c1-3-8-10-6-7(4-5-9)11(8)2/h6H,3-5,9H2,1-2H3. The summed E-state index contributed by atoms with van der Waals surface area (Å²) in [6.07, 6.45) is 3.82. The second kappa shape index (κ2) is 3.53. The fraction of sp³-hybridized carbons (Fsp3) is 0.625. The zero-order valence-electron chi connectivity index (χ0n) is 7.17. The Morgan fingerprint density at radius 1 is 1.64 bits per heavy atom. The van der Waals surface area contributed by atoms with Crippen LogP contribution < -0.4 is 5.73 Å². The molecule has 0 aromatic carbocycles. The number of nitrogens with zero attached hydrogens (tertiary/aromatic N) is 2. The average Bonchev–Trinajstić information content (AvgIpc) is 2.34. The molecule has 2 N–H and O–H groups in total. The zero-order chi connectivity index (χ0) is 8.27. The van der Waals surface area contributed by atoms with Crippen LogP contribution in [0.5, 0.6) is 0 Å².